The number of hydrogen-bond donors (Lipinski definition) is 0. The highest BCUT2D eigenvalue weighted by Crippen LogP contribution is 2.15. The molecule has 0 aliphatic carbocycles. The number of Topliss-reactive ketones (excluding diaryl/α,β-unsaturated/α-hetero) is 1. The van der Waals surface area contributed by atoms with E-state index in [1.807, 2.05) is 18.2 Å². The Morgan fingerprint density at radius 2 is 2.00 bits per heavy atom. The fourth-order valence-corrected chi connectivity index (χ4v) is 2.69. The highest BCUT2D eigenvalue weighted by molar-refractivity contribution is 7.09. The second-order valence-electron chi connectivity index (χ2n) is 4.66. The van der Waals surface area contributed by atoms with E-state index in [0.717, 1.165) is 18.4 Å². The quantitative estimate of drug-likeness (QED) is 0.718. The molecule has 0 saturated heterocycles. The van der Waals surface area contributed by atoms with E-state index in [2.05, 4.69) is 31.4 Å². The number of thiophene rings is 1. The van der Waals surface area contributed by atoms with Gasteiger partial charge in [0.05, 0.1) is 0 Å². The molecular formula is C16H18OS. The molecule has 0 aliphatic rings. The first-order valence-corrected chi connectivity index (χ1v) is 7.17. The molecule has 1 heterocycles. The summed E-state index contributed by atoms with van der Waals surface area (Å²) in [6, 6.07) is 10.2. The minimum absolute atomic E-state index is 0.259. The predicted molar refractivity (Wildman–Crippen MR) is 77.5 cm³/mol. The van der Waals surface area contributed by atoms with Crippen LogP contribution in [-0.2, 0) is 6.42 Å². The van der Waals surface area contributed by atoms with Crippen LogP contribution < -0.4 is 0 Å². The SMILES string of the molecule is Cc1ccc(C(=O)CCCc2cccs2)cc1C. The maximum Gasteiger partial charge on any atom is 0.162 e. The molecule has 0 fully saturated rings. The molecule has 2 aromatic rings. The van der Waals surface area contributed by atoms with Gasteiger partial charge in [-0.1, -0.05) is 18.2 Å². The second kappa shape index (κ2) is 5.96. The van der Waals surface area contributed by atoms with Gasteiger partial charge < -0.3 is 0 Å². The average molecular weight is 258 g/mol. The number of benzene rings is 1. The molecule has 1 aromatic carbocycles. The Labute approximate surface area is 112 Å². The number of hydrogen-bond acceptors (Lipinski definition) is 2. The van der Waals surface area contributed by atoms with Gasteiger partial charge in [0.2, 0.25) is 0 Å². The van der Waals surface area contributed by atoms with Crippen LogP contribution >= 0.6 is 11.3 Å². The van der Waals surface area contributed by atoms with Crippen LogP contribution in [0.3, 0.4) is 0 Å². The van der Waals surface area contributed by atoms with Crippen LogP contribution in [0.2, 0.25) is 0 Å². The molecule has 0 bridgehead atoms. The minimum Gasteiger partial charge on any atom is -0.294 e. The smallest absolute Gasteiger partial charge is 0.162 e. The molecule has 94 valence electrons. The van der Waals surface area contributed by atoms with E-state index < -0.39 is 0 Å². The van der Waals surface area contributed by atoms with Crippen LogP contribution in [0.25, 0.3) is 0 Å². The van der Waals surface area contributed by atoms with Crippen molar-refractivity contribution in [1.82, 2.24) is 0 Å². The van der Waals surface area contributed by atoms with Crippen molar-refractivity contribution in [2.75, 3.05) is 0 Å². The summed E-state index contributed by atoms with van der Waals surface area (Å²) >= 11 is 1.76. The zero-order valence-electron chi connectivity index (χ0n) is 10.9. The number of rotatable bonds is 5. The van der Waals surface area contributed by atoms with Crippen molar-refractivity contribution in [1.29, 1.82) is 0 Å². The molecule has 1 nitrogen and oxygen atoms in total. The maximum absolute atomic E-state index is 12.0. The monoisotopic (exact) mass is 258 g/mol. The Kier molecular flexibility index (Phi) is 4.32. The summed E-state index contributed by atoms with van der Waals surface area (Å²) < 4.78 is 0. The van der Waals surface area contributed by atoms with Gasteiger partial charge in [-0.05, 0) is 55.3 Å². The number of ketones is 1. The van der Waals surface area contributed by atoms with Gasteiger partial charge in [-0.3, -0.25) is 4.79 Å². The number of carbonyl (C=O) groups excluding carboxylic acids is 1. The molecular weight excluding hydrogens is 240 g/mol. The summed E-state index contributed by atoms with van der Waals surface area (Å²) in [5.74, 6) is 0.259. The van der Waals surface area contributed by atoms with Gasteiger partial charge in [-0.2, -0.15) is 0 Å². The number of carbonyl (C=O) groups is 1. The van der Waals surface area contributed by atoms with Gasteiger partial charge in [0.15, 0.2) is 5.78 Å². The molecule has 2 heteroatoms. The molecule has 0 unspecified atom stereocenters. The summed E-state index contributed by atoms with van der Waals surface area (Å²) in [6.07, 6.45) is 2.58. The molecule has 2 rings (SSSR count). The van der Waals surface area contributed by atoms with Crippen molar-refractivity contribution >= 4 is 17.1 Å². The van der Waals surface area contributed by atoms with Crippen molar-refractivity contribution in [2.24, 2.45) is 0 Å². The van der Waals surface area contributed by atoms with Gasteiger partial charge in [0.1, 0.15) is 0 Å². The Bertz CT molecular complexity index is 526. The molecule has 0 spiro atoms. The van der Waals surface area contributed by atoms with E-state index in [1.165, 1.54) is 16.0 Å². The predicted octanol–water partition coefficient (Wildman–Crippen LogP) is 4.57. The van der Waals surface area contributed by atoms with Gasteiger partial charge in [0, 0.05) is 16.9 Å². The third-order valence-electron chi connectivity index (χ3n) is 3.24. The van der Waals surface area contributed by atoms with E-state index in [0.29, 0.717) is 6.42 Å². The summed E-state index contributed by atoms with van der Waals surface area (Å²) in [7, 11) is 0. The van der Waals surface area contributed by atoms with E-state index in [-0.39, 0.29) is 5.78 Å². The van der Waals surface area contributed by atoms with Crippen molar-refractivity contribution in [3.8, 4) is 0 Å². The van der Waals surface area contributed by atoms with Crippen molar-refractivity contribution < 1.29 is 4.79 Å². The normalized spacial score (nSPS) is 10.6. The lowest BCUT2D eigenvalue weighted by Crippen LogP contribution is -2.00. The molecule has 1 aromatic heterocycles. The zero-order chi connectivity index (χ0) is 13.0. The van der Waals surface area contributed by atoms with Crippen molar-refractivity contribution in [2.45, 2.75) is 33.1 Å². The van der Waals surface area contributed by atoms with E-state index in [4.69, 9.17) is 0 Å². The molecule has 0 amide bonds. The summed E-state index contributed by atoms with van der Waals surface area (Å²) in [4.78, 5) is 13.4. The highest BCUT2D eigenvalue weighted by Gasteiger charge is 2.07. The molecule has 0 aliphatic heterocycles. The summed E-state index contributed by atoms with van der Waals surface area (Å²) in [5.41, 5.74) is 3.29. The Hall–Kier alpha value is -1.41. The first kappa shape index (κ1) is 13.0. The highest BCUT2D eigenvalue weighted by atomic mass is 32.1. The maximum atomic E-state index is 12.0. The van der Waals surface area contributed by atoms with Crippen LogP contribution in [0, 0.1) is 13.8 Å². The van der Waals surface area contributed by atoms with Crippen LogP contribution in [0.4, 0.5) is 0 Å². The molecule has 0 saturated carbocycles. The summed E-state index contributed by atoms with van der Waals surface area (Å²) in [5, 5.41) is 2.08. The van der Waals surface area contributed by atoms with Crippen LogP contribution in [-0.4, -0.2) is 5.78 Å². The van der Waals surface area contributed by atoms with E-state index >= 15 is 0 Å². The van der Waals surface area contributed by atoms with Gasteiger partial charge >= 0.3 is 0 Å². The zero-order valence-corrected chi connectivity index (χ0v) is 11.7. The van der Waals surface area contributed by atoms with Gasteiger partial charge in [-0.25, -0.2) is 0 Å². The third-order valence-corrected chi connectivity index (χ3v) is 4.17. The standard InChI is InChI=1S/C16H18OS/c1-12-8-9-14(11-13(12)2)16(17)7-3-5-15-6-4-10-18-15/h4,6,8-11H,3,5,7H2,1-2H3. The molecule has 0 N–H and O–H groups in total. The van der Waals surface area contributed by atoms with Crippen LogP contribution in [0.1, 0.15) is 39.2 Å². The number of aryl methyl sites for hydroxylation is 3. The lowest BCUT2D eigenvalue weighted by atomic mass is 10.0. The topological polar surface area (TPSA) is 17.1 Å². The fraction of sp³-hybridized carbons (Fsp3) is 0.312. The largest absolute Gasteiger partial charge is 0.294 e. The molecule has 0 atom stereocenters. The molecule has 18 heavy (non-hydrogen) atoms. The average Bonchev–Trinajstić information content (AvgIpc) is 2.85. The second-order valence-corrected chi connectivity index (χ2v) is 5.69. The van der Waals surface area contributed by atoms with Crippen molar-refractivity contribution in [3.63, 3.8) is 0 Å². The minimum atomic E-state index is 0.259. The summed E-state index contributed by atoms with van der Waals surface area (Å²) in [6.45, 7) is 4.12. The first-order chi connectivity index (χ1) is 8.66. The Morgan fingerprint density at radius 3 is 2.67 bits per heavy atom. The first-order valence-electron chi connectivity index (χ1n) is 6.29. The van der Waals surface area contributed by atoms with Crippen LogP contribution in [0.5, 0.6) is 0 Å². The fourth-order valence-electron chi connectivity index (χ4n) is 1.94. The van der Waals surface area contributed by atoms with Crippen LogP contribution in [0.15, 0.2) is 35.7 Å². The van der Waals surface area contributed by atoms with E-state index in [9.17, 15) is 4.79 Å². The molecule has 0 radical (unpaired) electrons. The lowest BCUT2D eigenvalue weighted by Gasteiger charge is -2.04. The van der Waals surface area contributed by atoms with Gasteiger partial charge in [-0.15, -0.1) is 11.3 Å². The third kappa shape index (κ3) is 3.30. The lowest BCUT2D eigenvalue weighted by molar-refractivity contribution is 0.0980. The van der Waals surface area contributed by atoms with E-state index in [1.54, 1.807) is 11.3 Å². The Morgan fingerprint density at radius 1 is 1.17 bits per heavy atom. The van der Waals surface area contributed by atoms with Gasteiger partial charge in [0.25, 0.3) is 0 Å². The van der Waals surface area contributed by atoms with Crippen molar-refractivity contribution in [3.05, 3.63) is 57.3 Å². The Balaban J connectivity index is 1.89.